The largest absolute Gasteiger partial charge is 0.496 e. The third-order valence-corrected chi connectivity index (χ3v) is 5.21. The lowest BCUT2D eigenvalue weighted by molar-refractivity contribution is -0.149. The van der Waals surface area contributed by atoms with Crippen LogP contribution in [0.2, 0.25) is 0 Å². The van der Waals surface area contributed by atoms with Gasteiger partial charge in [0.1, 0.15) is 12.7 Å². The molecule has 0 saturated carbocycles. The molecule has 1 aromatic carbocycles. The van der Waals surface area contributed by atoms with Crippen LogP contribution in [-0.4, -0.2) is 37.7 Å². The van der Waals surface area contributed by atoms with E-state index in [1.54, 1.807) is 0 Å². The highest BCUT2D eigenvalue weighted by Crippen LogP contribution is 2.41. The van der Waals surface area contributed by atoms with Gasteiger partial charge in [-0.15, -0.1) is 0 Å². The van der Waals surface area contributed by atoms with Crippen LogP contribution >= 0.6 is 0 Å². The summed E-state index contributed by atoms with van der Waals surface area (Å²) in [6, 6.07) is 3.93. The van der Waals surface area contributed by atoms with Crippen LogP contribution in [0.4, 0.5) is 8.78 Å². The molecule has 0 bridgehead atoms. The Morgan fingerprint density at radius 2 is 1.96 bits per heavy atom. The van der Waals surface area contributed by atoms with E-state index in [2.05, 4.69) is 4.74 Å². The summed E-state index contributed by atoms with van der Waals surface area (Å²) in [5.74, 6) is -4.59. The number of aldehydes is 1. The third-order valence-electron chi connectivity index (χ3n) is 5.21. The van der Waals surface area contributed by atoms with Crippen LogP contribution in [-0.2, 0) is 24.8 Å². The highest BCUT2D eigenvalue weighted by molar-refractivity contribution is 6.64. The van der Waals surface area contributed by atoms with E-state index in [4.69, 9.17) is 9.31 Å². The topological polar surface area (TPSA) is 61.8 Å². The Morgan fingerprint density at radius 3 is 2.46 bits per heavy atom. The molecule has 8 heteroatoms. The highest BCUT2D eigenvalue weighted by atomic mass is 19.3. The number of carbonyl (C=O) groups excluding carboxylic acids is 2. The first-order valence-corrected chi connectivity index (χ1v) is 8.40. The van der Waals surface area contributed by atoms with E-state index < -0.39 is 42.2 Å². The summed E-state index contributed by atoms with van der Waals surface area (Å²) in [4.78, 5) is 22.9. The van der Waals surface area contributed by atoms with Crippen LogP contribution in [0.1, 0.15) is 56.5 Å². The van der Waals surface area contributed by atoms with E-state index in [1.165, 1.54) is 18.2 Å². The fourth-order valence-corrected chi connectivity index (χ4v) is 3.04. The van der Waals surface area contributed by atoms with E-state index in [0.717, 1.165) is 7.11 Å². The molecule has 1 unspecified atom stereocenters. The first-order chi connectivity index (χ1) is 12.0. The maximum Gasteiger partial charge on any atom is 0.496 e. The van der Waals surface area contributed by atoms with E-state index in [9.17, 15) is 18.4 Å². The van der Waals surface area contributed by atoms with Crippen molar-refractivity contribution in [1.29, 1.82) is 0 Å². The molecule has 2 rings (SSSR count). The molecule has 1 aliphatic rings. The van der Waals surface area contributed by atoms with Crippen LogP contribution < -0.4 is 5.46 Å². The lowest BCUT2D eigenvalue weighted by Gasteiger charge is -2.35. The molecule has 0 aromatic heterocycles. The van der Waals surface area contributed by atoms with Gasteiger partial charge in [-0.3, -0.25) is 9.59 Å². The Kier molecular flexibility index (Phi) is 5.59. The number of benzene rings is 1. The molecule has 1 aliphatic heterocycles. The molecule has 1 atom stereocenters. The molecular weight excluding hydrogens is 345 g/mol. The molecule has 0 radical (unpaired) electrons. The van der Waals surface area contributed by atoms with Crippen molar-refractivity contribution in [1.82, 2.24) is 0 Å². The molecule has 1 fully saturated rings. The molecule has 1 heterocycles. The number of ether oxygens (including phenoxy) is 1. The van der Waals surface area contributed by atoms with Gasteiger partial charge in [0.15, 0.2) is 0 Å². The maximum absolute atomic E-state index is 14.8. The maximum atomic E-state index is 14.8. The van der Waals surface area contributed by atoms with Gasteiger partial charge in [-0.05, 0) is 27.2 Å². The van der Waals surface area contributed by atoms with E-state index in [1.807, 2.05) is 27.7 Å². The van der Waals surface area contributed by atoms with E-state index in [-0.39, 0.29) is 11.0 Å². The average Bonchev–Trinajstić information content (AvgIpc) is 2.83. The number of carbonyl (C=O) groups is 2. The van der Waals surface area contributed by atoms with Crippen molar-refractivity contribution in [3.8, 4) is 0 Å². The standard InChI is InChI=1S/C18H23BF2O5/c1-6-17(4)16(2,3)25-19(26-17)15-12(11-22)8-7-9-13(15)18(20,21)10-14(23)24-5/h7-9,11H,6,10H2,1-5H3. The normalized spacial score (nSPS) is 22.3. The monoisotopic (exact) mass is 368 g/mol. The minimum absolute atomic E-state index is 0.0354. The first kappa shape index (κ1) is 20.5. The van der Waals surface area contributed by atoms with Crippen molar-refractivity contribution in [3.63, 3.8) is 0 Å². The van der Waals surface area contributed by atoms with Crippen LogP contribution in [0.25, 0.3) is 0 Å². The van der Waals surface area contributed by atoms with Crippen LogP contribution in [0, 0.1) is 0 Å². The molecule has 1 aromatic rings. The second-order valence-electron chi connectivity index (χ2n) is 7.05. The lowest BCUT2D eigenvalue weighted by atomic mass is 9.71. The van der Waals surface area contributed by atoms with Crippen LogP contribution in [0.3, 0.4) is 0 Å². The summed E-state index contributed by atoms with van der Waals surface area (Å²) in [5.41, 5.74) is -1.97. The summed E-state index contributed by atoms with van der Waals surface area (Å²) < 4.78 is 45.8. The van der Waals surface area contributed by atoms with Gasteiger partial charge in [-0.2, -0.15) is 0 Å². The first-order valence-electron chi connectivity index (χ1n) is 8.40. The molecule has 142 valence electrons. The zero-order chi connectivity index (χ0) is 19.8. The Morgan fingerprint density at radius 1 is 1.31 bits per heavy atom. The van der Waals surface area contributed by atoms with Gasteiger partial charge < -0.3 is 14.0 Å². The van der Waals surface area contributed by atoms with E-state index >= 15 is 0 Å². The summed E-state index contributed by atoms with van der Waals surface area (Å²) in [6.07, 6.45) is -0.0675. The second-order valence-corrected chi connectivity index (χ2v) is 7.05. The van der Waals surface area contributed by atoms with Crippen molar-refractivity contribution in [3.05, 3.63) is 29.3 Å². The summed E-state index contributed by atoms with van der Waals surface area (Å²) >= 11 is 0. The number of alkyl halides is 2. The van der Waals surface area contributed by atoms with Crippen molar-refractivity contribution in [2.75, 3.05) is 7.11 Å². The van der Waals surface area contributed by atoms with E-state index in [0.29, 0.717) is 12.7 Å². The quantitative estimate of drug-likeness (QED) is 0.439. The van der Waals surface area contributed by atoms with Gasteiger partial charge in [0.25, 0.3) is 5.92 Å². The van der Waals surface area contributed by atoms with Crippen LogP contribution in [0.5, 0.6) is 0 Å². The number of rotatable bonds is 6. The molecule has 0 spiro atoms. The smallest absolute Gasteiger partial charge is 0.469 e. The Hall–Kier alpha value is -1.80. The summed E-state index contributed by atoms with van der Waals surface area (Å²) in [5, 5.41) is 0. The van der Waals surface area contributed by atoms with Gasteiger partial charge in [0.05, 0.1) is 18.3 Å². The highest BCUT2D eigenvalue weighted by Gasteiger charge is 2.55. The molecule has 1 saturated heterocycles. The predicted molar refractivity (Wildman–Crippen MR) is 92.7 cm³/mol. The fraction of sp³-hybridized carbons (Fsp3) is 0.556. The number of hydrogen-bond donors (Lipinski definition) is 0. The number of halogens is 2. The van der Waals surface area contributed by atoms with Gasteiger partial charge >= 0.3 is 13.1 Å². The van der Waals surface area contributed by atoms with Crippen molar-refractivity contribution < 1.29 is 32.4 Å². The minimum atomic E-state index is -3.54. The average molecular weight is 368 g/mol. The molecule has 5 nitrogen and oxygen atoms in total. The zero-order valence-corrected chi connectivity index (χ0v) is 15.6. The van der Waals surface area contributed by atoms with Gasteiger partial charge in [0.2, 0.25) is 0 Å². The molecule has 26 heavy (non-hydrogen) atoms. The molecule has 0 aliphatic carbocycles. The summed E-state index contributed by atoms with van der Waals surface area (Å²) in [6.45, 7) is 7.37. The number of hydrogen-bond acceptors (Lipinski definition) is 5. The Labute approximate surface area is 152 Å². The SMILES string of the molecule is CCC1(C)OB(c2c(C=O)cccc2C(F)(F)CC(=O)OC)OC1(C)C. The van der Waals surface area contributed by atoms with Crippen molar-refractivity contribution in [2.45, 2.75) is 57.7 Å². The van der Waals surface area contributed by atoms with Gasteiger partial charge in [-0.25, -0.2) is 8.78 Å². The van der Waals surface area contributed by atoms with Gasteiger partial charge in [-0.1, -0.05) is 25.1 Å². The van der Waals surface area contributed by atoms with Crippen molar-refractivity contribution >= 4 is 24.8 Å². The lowest BCUT2D eigenvalue weighted by Crippen LogP contribution is -2.44. The van der Waals surface area contributed by atoms with Crippen LogP contribution in [0.15, 0.2) is 18.2 Å². The molecular formula is C18H23BF2O5. The number of methoxy groups -OCH3 is 1. The fourth-order valence-electron chi connectivity index (χ4n) is 3.04. The molecule has 0 N–H and O–H groups in total. The van der Waals surface area contributed by atoms with Gasteiger partial charge in [0, 0.05) is 16.6 Å². The Bertz CT molecular complexity index is 707. The zero-order valence-electron chi connectivity index (χ0n) is 15.6. The minimum Gasteiger partial charge on any atom is -0.469 e. The predicted octanol–water partition coefficient (Wildman–Crippen LogP) is 2.84. The second kappa shape index (κ2) is 7.08. The summed E-state index contributed by atoms with van der Waals surface area (Å²) in [7, 11) is -0.102. The third kappa shape index (κ3) is 3.53. The molecule has 0 amide bonds. The Balaban J connectivity index is 2.55. The number of esters is 1. The van der Waals surface area contributed by atoms with Crippen molar-refractivity contribution in [2.24, 2.45) is 0 Å².